The maximum Gasteiger partial charge on any atom is 0.223 e. The highest BCUT2D eigenvalue weighted by Crippen LogP contribution is 2.34. The van der Waals surface area contributed by atoms with Gasteiger partial charge in [0.05, 0.1) is 10.7 Å². The van der Waals surface area contributed by atoms with Crippen LogP contribution in [0.1, 0.15) is 0 Å². The van der Waals surface area contributed by atoms with Crippen molar-refractivity contribution in [3.05, 3.63) is 35.6 Å². The van der Waals surface area contributed by atoms with Crippen molar-refractivity contribution in [1.82, 2.24) is 9.97 Å². The van der Waals surface area contributed by atoms with Crippen molar-refractivity contribution in [2.45, 2.75) is 5.03 Å². The summed E-state index contributed by atoms with van der Waals surface area (Å²) in [6.45, 7) is 0. The van der Waals surface area contributed by atoms with Crippen LogP contribution in [0.5, 0.6) is 11.6 Å². The fourth-order valence-corrected chi connectivity index (χ4v) is 1.82. The topological polar surface area (TPSA) is 61.0 Å². The maximum atomic E-state index is 6.00. The Balaban J connectivity index is 2.31. The lowest BCUT2D eigenvalue weighted by molar-refractivity contribution is 0.461. The average Bonchev–Trinajstić information content (AvgIpc) is 2.34. The molecule has 17 heavy (non-hydrogen) atoms. The highest BCUT2D eigenvalue weighted by Gasteiger charge is 2.08. The number of nitrogens with two attached hydrogens (primary N) is 1. The van der Waals surface area contributed by atoms with Gasteiger partial charge < -0.3 is 10.5 Å². The summed E-state index contributed by atoms with van der Waals surface area (Å²) < 4.78 is 5.56. The number of nitrogens with zero attached hydrogens (tertiary/aromatic N) is 2. The molecule has 0 bridgehead atoms. The van der Waals surface area contributed by atoms with Gasteiger partial charge in [-0.05, 0) is 18.4 Å². The number of hydrogen-bond acceptors (Lipinski definition) is 5. The minimum Gasteiger partial charge on any atom is -0.435 e. The Hall–Kier alpha value is -1.46. The van der Waals surface area contributed by atoms with E-state index < -0.39 is 0 Å². The minimum absolute atomic E-state index is 0.417. The van der Waals surface area contributed by atoms with Crippen molar-refractivity contribution < 1.29 is 4.74 Å². The quantitative estimate of drug-likeness (QED) is 0.526. The van der Waals surface area contributed by atoms with Crippen LogP contribution < -0.4 is 10.5 Å². The molecule has 0 aliphatic rings. The lowest BCUT2D eigenvalue weighted by Gasteiger charge is -2.09. The molecule has 0 aliphatic heterocycles. The van der Waals surface area contributed by atoms with Crippen molar-refractivity contribution in [2.75, 3.05) is 12.0 Å². The number of hydrogen-bond donors (Lipinski definition) is 1. The van der Waals surface area contributed by atoms with Gasteiger partial charge in [-0.25, -0.2) is 9.97 Å². The molecular formula is C11H10ClN3OS. The number of ether oxygens (including phenoxy) is 1. The fourth-order valence-electron chi connectivity index (χ4n) is 1.23. The fraction of sp³-hybridized carbons (Fsp3) is 0.0909. The van der Waals surface area contributed by atoms with Gasteiger partial charge >= 0.3 is 0 Å². The normalized spacial score (nSPS) is 10.2. The summed E-state index contributed by atoms with van der Waals surface area (Å²) in [6, 6.07) is 6.92. The highest BCUT2D eigenvalue weighted by atomic mass is 35.5. The van der Waals surface area contributed by atoms with Crippen LogP contribution in [0.3, 0.4) is 0 Å². The van der Waals surface area contributed by atoms with E-state index in [9.17, 15) is 0 Å². The summed E-state index contributed by atoms with van der Waals surface area (Å²) in [5, 5.41) is 1.27. The molecule has 0 saturated carbocycles. The Labute approximate surface area is 108 Å². The zero-order valence-corrected chi connectivity index (χ0v) is 10.6. The molecule has 0 amide bonds. The van der Waals surface area contributed by atoms with Crippen LogP contribution in [0.25, 0.3) is 0 Å². The molecule has 0 fully saturated rings. The van der Waals surface area contributed by atoms with E-state index in [1.807, 2.05) is 6.26 Å². The van der Waals surface area contributed by atoms with Gasteiger partial charge in [-0.1, -0.05) is 17.7 Å². The molecule has 1 aromatic heterocycles. The Kier molecular flexibility index (Phi) is 3.71. The second-order valence-corrected chi connectivity index (χ2v) is 4.39. The molecule has 6 heteroatoms. The van der Waals surface area contributed by atoms with Crippen molar-refractivity contribution in [3.8, 4) is 11.6 Å². The third-order valence-electron chi connectivity index (χ3n) is 2.03. The van der Waals surface area contributed by atoms with E-state index in [-0.39, 0.29) is 0 Å². The second kappa shape index (κ2) is 5.25. The Morgan fingerprint density at radius 3 is 2.88 bits per heavy atom. The molecule has 4 nitrogen and oxygen atoms in total. The van der Waals surface area contributed by atoms with Crippen LogP contribution >= 0.6 is 23.4 Å². The van der Waals surface area contributed by atoms with Crippen LogP contribution in [0, 0.1) is 0 Å². The number of nitrogen functional groups attached to an aromatic ring is 1. The summed E-state index contributed by atoms with van der Waals surface area (Å²) in [6.07, 6.45) is 3.37. The van der Waals surface area contributed by atoms with E-state index in [2.05, 4.69) is 9.97 Å². The first-order chi connectivity index (χ1) is 8.20. The number of rotatable bonds is 3. The van der Waals surface area contributed by atoms with Crippen molar-refractivity contribution >= 4 is 29.1 Å². The first-order valence-electron chi connectivity index (χ1n) is 4.78. The van der Waals surface area contributed by atoms with Crippen molar-refractivity contribution in [3.63, 3.8) is 0 Å². The zero-order valence-electron chi connectivity index (χ0n) is 9.05. The predicted octanol–water partition coefficient (Wildman–Crippen LogP) is 3.23. The lowest BCUT2D eigenvalue weighted by Crippen LogP contribution is -1.95. The van der Waals surface area contributed by atoms with Crippen molar-refractivity contribution in [2.24, 2.45) is 0 Å². The third-order valence-corrected chi connectivity index (χ3v) is 2.97. The molecule has 0 saturated heterocycles. The number of anilines is 1. The summed E-state index contributed by atoms with van der Waals surface area (Å²) in [5.41, 5.74) is 6.26. The average molecular weight is 268 g/mol. The van der Waals surface area contributed by atoms with Gasteiger partial charge in [-0.3, -0.25) is 0 Å². The first-order valence-corrected chi connectivity index (χ1v) is 6.39. The molecular weight excluding hydrogens is 258 g/mol. The SMILES string of the molecule is CSc1cc(Oc2c(N)cccc2Cl)ncn1. The van der Waals surface area contributed by atoms with Crippen LogP contribution in [0.15, 0.2) is 35.6 Å². The predicted molar refractivity (Wildman–Crippen MR) is 69.8 cm³/mol. The van der Waals surface area contributed by atoms with E-state index in [1.54, 1.807) is 24.3 Å². The molecule has 2 N–H and O–H groups in total. The summed E-state index contributed by atoms with van der Waals surface area (Å²) in [7, 11) is 0. The van der Waals surface area contributed by atoms with Gasteiger partial charge in [-0.2, -0.15) is 0 Å². The number of halogens is 1. The number of aromatic nitrogens is 2. The molecule has 1 aromatic carbocycles. The van der Waals surface area contributed by atoms with Gasteiger partial charge in [-0.15, -0.1) is 11.8 Å². The molecule has 0 radical (unpaired) electrons. The van der Waals surface area contributed by atoms with Gasteiger partial charge in [0.15, 0.2) is 5.75 Å². The van der Waals surface area contributed by atoms with Crippen LogP contribution in [0.2, 0.25) is 5.02 Å². The van der Waals surface area contributed by atoms with Gasteiger partial charge in [0.2, 0.25) is 5.88 Å². The van der Waals surface area contributed by atoms with Crippen LogP contribution in [-0.4, -0.2) is 16.2 Å². The molecule has 0 atom stereocenters. The van der Waals surface area contributed by atoms with Gasteiger partial charge in [0.25, 0.3) is 0 Å². The number of para-hydroxylation sites is 1. The molecule has 2 aromatic rings. The number of benzene rings is 1. The van der Waals surface area contributed by atoms with Gasteiger partial charge in [0, 0.05) is 6.07 Å². The summed E-state index contributed by atoms with van der Waals surface area (Å²) in [5.74, 6) is 0.837. The Morgan fingerprint density at radius 1 is 1.35 bits per heavy atom. The summed E-state index contributed by atoms with van der Waals surface area (Å²) >= 11 is 7.51. The minimum atomic E-state index is 0.417. The van der Waals surface area contributed by atoms with E-state index in [0.717, 1.165) is 5.03 Å². The van der Waals surface area contributed by atoms with Crippen LogP contribution in [0.4, 0.5) is 5.69 Å². The molecule has 88 valence electrons. The van der Waals surface area contributed by atoms with Crippen LogP contribution in [-0.2, 0) is 0 Å². The van der Waals surface area contributed by atoms with Gasteiger partial charge in [0.1, 0.15) is 11.4 Å². The summed E-state index contributed by atoms with van der Waals surface area (Å²) in [4.78, 5) is 8.06. The lowest BCUT2D eigenvalue weighted by atomic mass is 10.3. The van der Waals surface area contributed by atoms with Crippen molar-refractivity contribution in [1.29, 1.82) is 0 Å². The standard InChI is InChI=1S/C11H10ClN3OS/c1-17-10-5-9(14-6-15-10)16-11-7(12)3-2-4-8(11)13/h2-6H,13H2,1H3. The smallest absolute Gasteiger partial charge is 0.223 e. The Morgan fingerprint density at radius 2 is 2.18 bits per heavy atom. The number of thioether (sulfide) groups is 1. The molecule has 0 spiro atoms. The maximum absolute atomic E-state index is 6.00. The van der Waals surface area contributed by atoms with E-state index in [1.165, 1.54) is 18.1 Å². The van der Waals surface area contributed by atoms with E-state index in [4.69, 9.17) is 22.1 Å². The van der Waals surface area contributed by atoms with E-state index >= 15 is 0 Å². The molecule has 2 rings (SSSR count). The largest absolute Gasteiger partial charge is 0.435 e. The first kappa shape index (κ1) is 12.0. The molecule has 1 heterocycles. The third kappa shape index (κ3) is 2.81. The van der Waals surface area contributed by atoms with E-state index in [0.29, 0.717) is 22.3 Å². The second-order valence-electron chi connectivity index (χ2n) is 3.16. The monoisotopic (exact) mass is 267 g/mol. The molecule has 0 aliphatic carbocycles. The molecule has 0 unspecified atom stereocenters. The zero-order chi connectivity index (χ0) is 12.3. The Bertz CT molecular complexity index is 516. The highest BCUT2D eigenvalue weighted by molar-refractivity contribution is 7.98.